The number of piperidine rings is 1. The Bertz CT molecular complexity index is 1270. The van der Waals surface area contributed by atoms with Gasteiger partial charge in [-0.3, -0.25) is 4.79 Å². The van der Waals surface area contributed by atoms with Crippen LogP contribution in [0.3, 0.4) is 0 Å². The number of fused-ring (bicyclic) bond motifs is 2. The van der Waals surface area contributed by atoms with Gasteiger partial charge in [-0.15, -0.1) is 21.5 Å². The first-order valence-electron chi connectivity index (χ1n) is 12.8. The second-order valence-corrected chi connectivity index (χ2v) is 11.0. The summed E-state index contributed by atoms with van der Waals surface area (Å²) in [4.78, 5) is 27.4. The van der Waals surface area contributed by atoms with E-state index in [1.807, 2.05) is 4.90 Å². The van der Waals surface area contributed by atoms with Gasteiger partial charge >= 0.3 is 6.18 Å². The predicted molar refractivity (Wildman–Crippen MR) is 135 cm³/mol. The van der Waals surface area contributed by atoms with E-state index in [1.54, 1.807) is 11.3 Å². The molecule has 0 bridgehead atoms. The fraction of sp³-hybridized carbons (Fsp3) is 0.625. The molecule has 0 spiro atoms. The summed E-state index contributed by atoms with van der Waals surface area (Å²) in [6, 6.07) is 2.12. The highest BCUT2D eigenvalue weighted by Gasteiger charge is 2.40. The Balaban J connectivity index is 1.44. The van der Waals surface area contributed by atoms with Crippen molar-refractivity contribution in [1.29, 1.82) is 0 Å². The third kappa shape index (κ3) is 5.51. The summed E-state index contributed by atoms with van der Waals surface area (Å²) in [6.07, 6.45) is 1.61. The number of nitrogens with two attached hydrogens (primary N) is 1. The zero-order valence-electron chi connectivity index (χ0n) is 20.8. The zero-order valence-corrected chi connectivity index (χ0v) is 21.6. The molecule has 1 saturated heterocycles. The average molecular weight is 537 g/mol. The average Bonchev–Trinajstić information content (AvgIpc) is 3.47. The van der Waals surface area contributed by atoms with Gasteiger partial charge in [0, 0.05) is 37.5 Å². The standard InChI is InChI=1S/C24H31F3N8OS/c1-2-5-16-12-17-20(33-10-11-35-19(14-33)31-32-22(35)24(25,26)27)29-23(30-21(17)37-16)34-9-4-7-15(13-34)6-3-8-18(28)36/h12,15H,2-11,13-14H2,1H3,(H2,28,36)/t15-/m0/s1. The van der Waals surface area contributed by atoms with Gasteiger partial charge in [-0.05, 0) is 44.1 Å². The molecular weight excluding hydrogens is 505 g/mol. The molecular formula is C24H31F3N8OS. The van der Waals surface area contributed by atoms with E-state index in [1.165, 1.54) is 4.88 Å². The van der Waals surface area contributed by atoms with Gasteiger partial charge in [0.15, 0.2) is 5.82 Å². The number of halogens is 3. The lowest BCUT2D eigenvalue weighted by Gasteiger charge is -2.34. The van der Waals surface area contributed by atoms with Gasteiger partial charge in [0.05, 0.1) is 11.9 Å². The van der Waals surface area contributed by atoms with Gasteiger partial charge in [0.2, 0.25) is 17.7 Å². The molecule has 0 aromatic carbocycles. The molecule has 5 heterocycles. The number of hydrogen-bond donors (Lipinski definition) is 1. The molecule has 3 aromatic rings. The van der Waals surface area contributed by atoms with E-state index in [-0.39, 0.29) is 24.8 Å². The number of primary amides is 1. The maximum atomic E-state index is 13.3. The third-order valence-electron chi connectivity index (χ3n) is 7.05. The molecule has 2 aliphatic heterocycles. The van der Waals surface area contributed by atoms with Crippen LogP contribution in [0.2, 0.25) is 0 Å². The van der Waals surface area contributed by atoms with Crippen LogP contribution < -0.4 is 15.5 Å². The maximum absolute atomic E-state index is 13.3. The highest BCUT2D eigenvalue weighted by molar-refractivity contribution is 7.18. The number of thiophene rings is 1. The number of nitrogens with zero attached hydrogens (tertiary/aromatic N) is 7. The van der Waals surface area contributed by atoms with Gasteiger partial charge in [0.1, 0.15) is 10.6 Å². The minimum absolute atomic E-state index is 0.135. The first kappa shape index (κ1) is 25.7. The van der Waals surface area contributed by atoms with Crippen molar-refractivity contribution in [2.45, 2.75) is 71.1 Å². The molecule has 0 saturated carbocycles. The summed E-state index contributed by atoms with van der Waals surface area (Å²) in [5, 5.41) is 8.19. The van der Waals surface area contributed by atoms with Crippen molar-refractivity contribution in [3.8, 4) is 0 Å². The van der Waals surface area contributed by atoms with Crippen molar-refractivity contribution in [3.63, 3.8) is 0 Å². The van der Waals surface area contributed by atoms with Crippen LogP contribution >= 0.6 is 11.3 Å². The third-order valence-corrected chi connectivity index (χ3v) is 8.14. The molecule has 0 aliphatic carbocycles. The number of amides is 1. The number of carbonyl (C=O) groups excluding carboxylic acids is 1. The summed E-state index contributed by atoms with van der Waals surface area (Å²) in [6.45, 7) is 4.48. The molecule has 3 aromatic heterocycles. The molecule has 200 valence electrons. The highest BCUT2D eigenvalue weighted by Crippen LogP contribution is 2.37. The van der Waals surface area contributed by atoms with Crippen molar-refractivity contribution in [1.82, 2.24) is 24.7 Å². The normalized spacial score (nSPS) is 18.4. The van der Waals surface area contributed by atoms with Crippen molar-refractivity contribution < 1.29 is 18.0 Å². The molecule has 2 aliphatic rings. The Labute approximate surface area is 216 Å². The largest absolute Gasteiger partial charge is 0.451 e. The van der Waals surface area contributed by atoms with Crippen LogP contribution in [0.15, 0.2) is 6.07 Å². The molecule has 0 unspecified atom stereocenters. The first-order chi connectivity index (χ1) is 17.7. The summed E-state index contributed by atoms with van der Waals surface area (Å²) in [7, 11) is 0. The number of anilines is 2. The Kier molecular flexibility index (Phi) is 7.24. The predicted octanol–water partition coefficient (Wildman–Crippen LogP) is 4.15. The van der Waals surface area contributed by atoms with Gasteiger partial charge in [0.25, 0.3) is 0 Å². The second kappa shape index (κ2) is 10.4. The monoisotopic (exact) mass is 536 g/mol. The minimum Gasteiger partial charge on any atom is -0.370 e. The number of aryl methyl sites for hydroxylation is 1. The number of aromatic nitrogens is 5. The lowest BCUT2D eigenvalue weighted by atomic mass is 9.93. The van der Waals surface area contributed by atoms with Crippen molar-refractivity contribution >= 4 is 39.2 Å². The quantitative estimate of drug-likeness (QED) is 0.461. The Hall–Kier alpha value is -2.96. The van der Waals surface area contributed by atoms with Gasteiger partial charge in [-0.1, -0.05) is 13.3 Å². The second-order valence-electron chi connectivity index (χ2n) is 9.85. The summed E-state index contributed by atoms with van der Waals surface area (Å²) < 4.78 is 41.2. The zero-order chi connectivity index (χ0) is 26.2. The fourth-order valence-electron chi connectivity index (χ4n) is 5.29. The van der Waals surface area contributed by atoms with Crippen LogP contribution in [0.25, 0.3) is 10.2 Å². The van der Waals surface area contributed by atoms with Gasteiger partial charge in [-0.25, -0.2) is 4.98 Å². The van der Waals surface area contributed by atoms with E-state index in [9.17, 15) is 18.0 Å². The van der Waals surface area contributed by atoms with E-state index < -0.39 is 12.0 Å². The number of alkyl halides is 3. The molecule has 9 nitrogen and oxygen atoms in total. The lowest BCUT2D eigenvalue weighted by molar-refractivity contribution is -0.147. The van der Waals surface area contributed by atoms with E-state index >= 15 is 0 Å². The van der Waals surface area contributed by atoms with Crippen LogP contribution in [0, 0.1) is 5.92 Å². The van der Waals surface area contributed by atoms with Crippen LogP contribution in [0.5, 0.6) is 0 Å². The highest BCUT2D eigenvalue weighted by atomic mass is 32.1. The Morgan fingerprint density at radius 3 is 2.78 bits per heavy atom. The summed E-state index contributed by atoms with van der Waals surface area (Å²) in [5.41, 5.74) is 5.30. The molecule has 37 heavy (non-hydrogen) atoms. The van der Waals surface area contributed by atoms with Crippen LogP contribution in [0.1, 0.15) is 62.0 Å². The van der Waals surface area contributed by atoms with E-state index in [0.717, 1.165) is 72.2 Å². The first-order valence-corrected chi connectivity index (χ1v) is 13.6. The van der Waals surface area contributed by atoms with E-state index in [2.05, 4.69) is 28.1 Å². The van der Waals surface area contributed by atoms with Gasteiger partial charge in [-0.2, -0.15) is 18.2 Å². The molecule has 5 rings (SSSR count). The SMILES string of the molecule is CCCc1cc2c(N3CCn4c(nnc4C(F)(F)F)C3)nc(N3CCC[C@H](CCCC(N)=O)C3)nc2s1. The number of carbonyl (C=O) groups is 1. The van der Waals surface area contributed by atoms with Crippen LogP contribution in [0.4, 0.5) is 24.9 Å². The van der Waals surface area contributed by atoms with Crippen LogP contribution in [-0.4, -0.2) is 50.3 Å². The smallest absolute Gasteiger partial charge is 0.370 e. The molecule has 1 atom stereocenters. The van der Waals surface area contributed by atoms with Crippen LogP contribution in [-0.2, 0) is 30.5 Å². The van der Waals surface area contributed by atoms with Crippen molar-refractivity contribution in [2.24, 2.45) is 11.7 Å². The van der Waals surface area contributed by atoms with E-state index in [4.69, 9.17) is 15.7 Å². The number of rotatable bonds is 8. The topological polar surface area (TPSA) is 106 Å². The number of hydrogen-bond acceptors (Lipinski definition) is 8. The molecule has 2 N–H and O–H groups in total. The molecule has 13 heteroatoms. The summed E-state index contributed by atoms with van der Waals surface area (Å²) >= 11 is 1.65. The fourth-order valence-corrected chi connectivity index (χ4v) is 6.41. The molecule has 1 amide bonds. The van der Waals surface area contributed by atoms with Crippen molar-refractivity contribution in [2.75, 3.05) is 29.4 Å². The minimum atomic E-state index is -4.53. The molecule has 1 fully saturated rings. The lowest BCUT2D eigenvalue weighted by Crippen LogP contribution is -2.38. The van der Waals surface area contributed by atoms with Gasteiger partial charge < -0.3 is 20.1 Å². The van der Waals surface area contributed by atoms with Crippen molar-refractivity contribution in [3.05, 3.63) is 22.6 Å². The van der Waals surface area contributed by atoms with E-state index in [0.29, 0.717) is 24.8 Å². The Morgan fingerprint density at radius 2 is 2.03 bits per heavy atom. The summed E-state index contributed by atoms with van der Waals surface area (Å²) in [5.74, 6) is 0.873. The molecule has 0 radical (unpaired) electrons. The Morgan fingerprint density at radius 1 is 1.19 bits per heavy atom. The maximum Gasteiger partial charge on any atom is 0.451 e.